The Bertz CT molecular complexity index is 3630. The van der Waals surface area contributed by atoms with Crippen LogP contribution in [-0.2, 0) is 12.4 Å². The van der Waals surface area contributed by atoms with Crippen LogP contribution in [0.25, 0.3) is 88.4 Å². The predicted octanol–water partition coefficient (Wildman–Crippen LogP) is 16.6. The van der Waals surface area contributed by atoms with Gasteiger partial charge < -0.3 is 9.13 Å². The van der Waals surface area contributed by atoms with Gasteiger partial charge in [0.25, 0.3) is 0 Å². The Morgan fingerprint density at radius 3 is 1.21 bits per heavy atom. The van der Waals surface area contributed by atoms with Crippen molar-refractivity contribution >= 4 is 43.6 Å². The third kappa shape index (κ3) is 6.91. The topological polar surface area (TPSA) is 33.6 Å². The van der Waals surface area contributed by atoms with Gasteiger partial charge >= 0.3 is 12.4 Å². The van der Waals surface area contributed by atoms with Gasteiger partial charge in [0.15, 0.2) is 0 Å². The molecule has 66 heavy (non-hydrogen) atoms. The molecule has 2 aromatic heterocycles. The fourth-order valence-electron chi connectivity index (χ4n) is 10.4. The summed E-state index contributed by atoms with van der Waals surface area (Å²) in [5, 5.41) is 14.5. The second-order valence-electron chi connectivity index (χ2n) is 17.5. The van der Waals surface area contributed by atoms with Crippen LogP contribution in [0.2, 0.25) is 0 Å². The largest absolute Gasteiger partial charge is 0.416 e. The van der Waals surface area contributed by atoms with Crippen LogP contribution in [0.5, 0.6) is 0 Å². The number of rotatable bonds is 5. The van der Waals surface area contributed by atoms with Gasteiger partial charge in [-0.1, -0.05) is 83.9 Å². The lowest BCUT2D eigenvalue weighted by Gasteiger charge is -2.21. The summed E-state index contributed by atoms with van der Waals surface area (Å²) < 4.78 is 90.6. The van der Waals surface area contributed by atoms with Crippen LogP contribution in [-0.4, -0.2) is 9.13 Å². The zero-order valence-corrected chi connectivity index (χ0v) is 36.9. The maximum atomic E-state index is 14.4. The van der Waals surface area contributed by atoms with E-state index >= 15 is 0 Å². The molecule has 0 radical (unpaired) electrons. The van der Waals surface area contributed by atoms with Crippen molar-refractivity contribution in [3.05, 3.63) is 190 Å². The number of fused-ring (bicyclic) bond motifs is 6. The van der Waals surface area contributed by atoms with Crippen molar-refractivity contribution in [2.45, 2.75) is 53.9 Å². The number of alkyl halides is 6. The zero-order valence-electron chi connectivity index (χ0n) is 36.9. The van der Waals surface area contributed by atoms with Gasteiger partial charge in [-0.15, -0.1) is 0 Å². The van der Waals surface area contributed by atoms with Crippen molar-refractivity contribution in [1.82, 2.24) is 9.13 Å². The Kier molecular flexibility index (Phi) is 9.81. The molecule has 2 heterocycles. The van der Waals surface area contributed by atoms with Gasteiger partial charge in [-0.3, -0.25) is 0 Å². The Labute approximate surface area is 377 Å². The highest BCUT2D eigenvalue weighted by Gasteiger charge is 2.37. The van der Waals surface area contributed by atoms with Gasteiger partial charge in [-0.05, 0) is 158 Å². The Hall–Kier alpha value is -7.57. The molecule has 0 aliphatic heterocycles. The first-order valence-corrected chi connectivity index (χ1v) is 21.5. The average Bonchev–Trinajstić information content (AvgIpc) is 3.76. The van der Waals surface area contributed by atoms with E-state index in [1.54, 1.807) is 12.1 Å². The zero-order chi connectivity index (χ0) is 46.6. The Balaban J connectivity index is 1.33. The van der Waals surface area contributed by atoms with Gasteiger partial charge in [0.1, 0.15) is 0 Å². The summed E-state index contributed by atoms with van der Waals surface area (Å²) in [4.78, 5) is 0. The second-order valence-corrected chi connectivity index (χ2v) is 17.5. The fraction of sp³-hybridized carbons (Fsp3) is 0.140. The first kappa shape index (κ1) is 42.4. The van der Waals surface area contributed by atoms with E-state index in [4.69, 9.17) is 0 Å². The van der Waals surface area contributed by atoms with E-state index in [0.717, 1.165) is 99.2 Å². The third-order valence-corrected chi connectivity index (χ3v) is 12.9. The van der Waals surface area contributed by atoms with Crippen molar-refractivity contribution in [1.29, 1.82) is 5.26 Å². The SMILES string of the molecule is Cc1cc(C)c(-c2ccc3c(c2)c2ccccc2n3-c2cc(C#N)c(-c3cc(C(F)(F)F)cc(C(F)(F)F)c3)cc2-n2c3ccccc3c3cc(-c4c(C)cc(C)cc4C)ccc32)c(C)c1. The lowest BCUT2D eigenvalue weighted by molar-refractivity contribution is -0.143. The molecule has 0 amide bonds. The summed E-state index contributed by atoms with van der Waals surface area (Å²) in [6, 6.07) is 43.6. The first-order valence-electron chi connectivity index (χ1n) is 21.5. The van der Waals surface area contributed by atoms with Crippen LogP contribution in [0.1, 0.15) is 50.1 Å². The van der Waals surface area contributed by atoms with Gasteiger partial charge in [-0.25, -0.2) is 0 Å². The fourth-order valence-corrected chi connectivity index (χ4v) is 10.4. The maximum absolute atomic E-state index is 14.4. The van der Waals surface area contributed by atoms with Gasteiger partial charge in [0.05, 0.1) is 56.2 Å². The van der Waals surface area contributed by atoms with Crippen LogP contribution >= 0.6 is 0 Å². The summed E-state index contributed by atoms with van der Waals surface area (Å²) in [5.74, 6) is 0. The molecule has 3 nitrogen and oxygen atoms in total. The van der Waals surface area contributed by atoms with Crippen LogP contribution in [0.15, 0.2) is 140 Å². The standard InChI is InChI=1S/C57H41F6N3/c1-31-19-33(3)54(34(4)20-31)37-15-17-50-46(25-37)43-11-7-9-13-48(43)65(50)52-27-40(30-64)45(39-23-41(56(58,59)60)28-42(24-39)57(61,62)63)29-53(52)66-49-14-10-8-12-44(49)47-26-38(16-18-51(47)66)55-35(5)21-32(2)22-36(55)6/h7-29H,1-6H3. The highest BCUT2D eigenvalue weighted by Crippen LogP contribution is 2.45. The molecule has 0 fully saturated rings. The molecule has 0 N–H and O–H groups in total. The normalized spacial score (nSPS) is 12.2. The molecule has 0 atom stereocenters. The quantitative estimate of drug-likeness (QED) is 0.159. The summed E-state index contributed by atoms with van der Waals surface area (Å²) in [7, 11) is 0. The molecule has 0 aliphatic carbocycles. The van der Waals surface area contributed by atoms with Crippen molar-refractivity contribution in [2.24, 2.45) is 0 Å². The van der Waals surface area contributed by atoms with Gasteiger partial charge in [-0.2, -0.15) is 31.6 Å². The molecular formula is C57H41F6N3. The van der Waals surface area contributed by atoms with Crippen LogP contribution in [0.4, 0.5) is 26.3 Å². The molecule has 10 aromatic rings. The number of hydrogen-bond acceptors (Lipinski definition) is 1. The number of nitrogens with zero attached hydrogens (tertiary/aromatic N) is 3. The van der Waals surface area contributed by atoms with E-state index in [0.29, 0.717) is 23.5 Å². The summed E-state index contributed by atoms with van der Waals surface area (Å²) in [6.07, 6.45) is -10.2. The molecule has 326 valence electrons. The maximum Gasteiger partial charge on any atom is 0.416 e. The Morgan fingerprint density at radius 1 is 0.409 bits per heavy atom. The van der Waals surface area contributed by atoms with Crippen molar-refractivity contribution < 1.29 is 26.3 Å². The van der Waals surface area contributed by atoms with E-state index in [-0.39, 0.29) is 22.8 Å². The monoisotopic (exact) mass is 881 g/mol. The number of aryl methyl sites for hydroxylation is 6. The van der Waals surface area contributed by atoms with Crippen LogP contribution in [0.3, 0.4) is 0 Å². The minimum absolute atomic E-state index is 0.0744. The summed E-state index contributed by atoms with van der Waals surface area (Å²) in [5.41, 5.74) is 11.7. The molecule has 8 aromatic carbocycles. The van der Waals surface area contributed by atoms with Crippen LogP contribution < -0.4 is 0 Å². The number of aromatic nitrogens is 2. The second kappa shape index (κ2) is 15.3. The average molecular weight is 882 g/mol. The van der Waals surface area contributed by atoms with E-state index in [2.05, 4.69) is 90.1 Å². The smallest absolute Gasteiger partial charge is 0.307 e. The molecule has 0 bridgehead atoms. The molecule has 9 heteroatoms. The van der Waals surface area contributed by atoms with Gasteiger partial charge in [0.2, 0.25) is 0 Å². The van der Waals surface area contributed by atoms with E-state index in [1.807, 2.05) is 75.9 Å². The molecule has 0 aliphatic rings. The molecule has 0 saturated carbocycles. The molecule has 0 unspecified atom stereocenters. The summed E-state index contributed by atoms with van der Waals surface area (Å²) >= 11 is 0. The number of halogens is 6. The highest BCUT2D eigenvalue weighted by molar-refractivity contribution is 6.13. The third-order valence-electron chi connectivity index (χ3n) is 12.9. The number of hydrogen-bond donors (Lipinski definition) is 0. The minimum atomic E-state index is -5.10. The lowest BCUT2D eigenvalue weighted by atomic mass is 9.93. The van der Waals surface area contributed by atoms with Crippen molar-refractivity contribution in [3.63, 3.8) is 0 Å². The van der Waals surface area contributed by atoms with E-state index < -0.39 is 23.5 Å². The van der Waals surface area contributed by atoms with E-state index in [1.165, 1.54) is 0 Å². The van der Waals surface area contributed by atoms with Crippen LogP contribution in [0, 0.1) is 52.9 Å². The van der Waals surface area contributed by atoms with E-state index in [9.17, 15) is 31.6 Å². The minimum Gasteiger partial charge on any atom is -0.307 e. The molecular weight excluding hydrogens is 841 g/mol. The summed E-state index contributed by atoms with van der Waals surface area (Å²) in [6.45, 7) is 12.5. The Morgan fingerprint density at radius 2 is 0.803 bits per heavy atom. The number of para-hydroxylation sites is 2. The van der Waals surface area contributed by atoms with Crippen molar-refractivity contribution in [3.8, 4) is 50.8 Å². The lowest BCUT2D eigenvalue weighted by Crippen LogP contribution is -2.11. The molecule has 0 spiro atoms. The number of benzene rings is 8. The molecule has 10 rings (SSSR count). The molecule has 0 saturated heterocycles. The predicted molar refractivity (Wildman–Crippen MR) is 255 cm³/mol. The van der Waals surface area contributed by atoms with Gasteiger partial charge in [0, 0.05) is 27.1 Å². The number of nitriles is 1. The highest BCUT2D eigenvalue weighted by atomic mass is 19.4. The van der Waals surface area contributed by atoms with Crippen molar-refractivity contribution in [2.75, 3.05) is 0 Å². The first-order chi connectivity index (χ1) is 31.4.